The van der Waals surface area contributed by atoms with E-state index in [0.717, 1.165) is 16.8 Å². The second-order valence-electron chi connectivity index (χ2n) is 6.04. The fraction of sp³-hybridized carbons (Fsp3) is 0.278. The number of anilines is 3. The number of rotatable bonds is 3. The molecule has 25 heavy (non-hydrogen) atoms. The lowest BCUT2D eigenvalue weighted by Crippen LogP contribution is -2.48. The number of carbonyl (C=O) groups is 2. The van der Waals surface area contributed by atoms with Crippen molar-refractivity contribution in [2.45, 2.75) is 26.9 Å². The number of aromatic nitrogens is 1. The molecule has 7 heteroatoms. The molecule has 1 aliphatic rings. The molecule has 0 saturated carbocycles. The summed E-state index contributed by atoms with van der Waals surface area (Å²) < 4.78 is 5.52. The Bertz CT molecular complexity index is 850. The van der Waals surface area contributed by atoms with Gasteiger partial charge in [0, 0.05) is 5.69 Å². The van der Waals surface area contributed by atoms with Gasteiger partial charge < -0.3 is 15.8 Å². The number of aryl methyl sites for hydroxylation is 1. The molecule has 2 heterocycles. The second-order valence-corrected chi connectivity index (χ2v) is 6.04. The van der Waals surface area contributed by atoms with E-state index in [-0.39, 0.29) is 30.0 Å². The van der Waals surface area contributed by atoms with Crippen molar-refractivity contribution in [1.82, 2.24) is 4.98 Å². The van der Waals surface area contributed by atoms with Crippen LogP contribution in [-0.2, 0) is 9.59 Å². The first-order chi connectivity index (χ1) is 11.9. The van der Waals surface area contributed by atoms with Crippen molar-refractivity contribution in [1.29, 1.82) is 0 Å². The van der Waals surface area contributed by atoms with Gasteiger partial charge in [-0.15, -0.1) is 0 Å². The van der Waals surface area contributed by atoms with Crippen LogP contribution >= 0.6 is 0 Å². The third kappa shape index (κ3) is 3.26. The number of pyridine rings is 1. The first-order valence-corrected chi connectivity index (χ1v) is 7.97. The maximum absolute atomic E-state index is 12.5. The highest BCUT2D eigenvalue weighted by molar-refractivity contribution is 6.05. The van der Waals surface area contributed by atoms with Crippen molar-refractivity contribution in [3.8, 4) is 5.75 Å². The summed E-state index contributed by atoms with van der Waals surface area (Å²) in [6.45, 7) is 5.38. The Morgan fingerprint density at radius 3 is 2.84 bits per heavy atom. The molecule has 0 saturated heterocycles. The summed E-state index contributed by atoms with van der Waals surface area (Å²) in [4.78, 5) is 30.4. The van der Waals surface area contributed by atoms with Gasteiger partial charge in [-0.2, -0.15) is 0 Å². The first-order valence-electron chi connectivity index (χ1n) is 7.97. The molecule has 0 aliphatic carbocycles. The van der Waals surface area contributed by atoms with Gasteiger partial charge >= 0.3 is 0 Å². The van der Waals surface area contributed by atoms with E-state index in [4.69, 9.17) is 10.5 Å². The van der Waals surface area contributed by atoms with Crippen LogP contribution in [0.4, 0.5) is 17.3 Å². The number of fused-ring (bicyclic) bond motifs is 1. The van der Waals surface area contributed by atoms with Gasteiger partial charge in [-0.25, -0.2) is 4.98 Å². The zero-order chi connectivity index (χ0) is 18.1. The molecule has 3 N–H and O–H groups in total. The van der Waals surface area contributed by atoms with Gasteiger partial charge in [0.2, 0.25) is 5.91 Å². The molecule has 0 radical (unpaired) electrons. The molecule has 1 aromatic carbocycles. The highest BCUT2D eigenvalue weighted by Gasteiger charge is 2.34. The lowest BCUT2D eigenvalue weighted by molar-refractivity contribution is -0.127. The molecule has 0 fully saturated rings. The van der Waals surface area contributed by atoms with Crippen LogP contribution in [0.2, 0.25) is 0 Å². The van der Waals surface area contributed by atoms with Crippen LogP contribution < -0.4 is 20.7 Å². The van der Waals surface area contributed by atoms with Crippen LogP contribution in [0.25, 0.3) is 0 Å². The SMILES string of the molecule is Cc1cccc(NC(=O)CN2C(=O)C(C)Oc3ccc(N)nc32)c1C. The van der Waals surface area contributed by atoms with Gasteiger partial charge in [0.25, 0.3) is 5.91 Å². The van der Waals surface area contributed by atoms with Crippen LogP contribution in [0.3, 0.4) is 0 Å². The Labute approximate surface area is 145 Å². The Balaban J connectivity index is 1.84. The topological polar surface area (TPSA) is 97.5 Å². The van der Waals surface area contributed by atoms with Gasteiger partial charge in [-0.05, 0) is 50.1 Å². The van der Waals surface area contributed by atoms with Crippen molar-refractivity contribution in [2.24, 2.45) is 0 Å². The molecule has 2 amide bonds. The van der Waals surface area contributed by atoms with Gasteiger partial charge in [0.15, 0.2) is 17.7 Å². The molecular weight excluding hydrogens is 320 g/mol. The smallest absolute Gasteiger partial charge is 0.269 e. The minimum atomic E-state index is -0.688. The van der Waals surface area contributed by atoms with Crippen LogP contribution in [0.1, 0.15) is 18.1 Å². The zero-order valence-corrected chi connectivity index (χ0v) is 14.4. The van der Waals surface area contributed by atoms with E-state index >= 15 is 0 Å². The monoisotopic (exact) mass is 340 g/mol. The summed E-state index contributed by atoms with van der Waals surface area (Å²) in [5, 5.41) is 2.85. The summed E-state index contributed by atoms with van der Waals surface area (Å²) in [7, 11) is 0. The Kier molecular flexibility index (Phi) is 4.31. The van der Waals surface area contributed by atoms with Crippen molar-refractivity contribution >= 4 is 29.1 Å². The van der Waals surface area contributed by atoms with Crippen molar-refractivity contribution in [3.63, 3.8) is 0 Å². The summed E-state index contributed by atoms with van der Waals surface area (Å²) >= 11 is 0. The molecule has 0 bridgehead atoms. The van der Waals surface area contributed by atoms with E-state index in [2.05, 4.69) is 10.3 Å². The van der Waals surface area contributed by atoms with Crippen molar-refractivity contribution in [3.05, 3.63) is 41.5 Å². The molecular formula is C18H20N4O3. The highest BCUT2D eigenvalue weighted by atomic mass is 16.5. The van der Waals surface area contributed by atoms with Gasteiger partial charge in [-0.3, -0.25) is 14.5 Å². The molecule has 1 aliphatic heterocycles. The predicted octanol–water partition coefficient (Wildman–Crippen LogP) is 2.03. The summed E-state index contributed by atoms with van der Waals surface area (Å²) in [5.74, 6) is 0.303. The normalized spacial score (nSPS) is 16.2. The van der Waals surface area contributed by atoms with E-state index in [0.29, 0.717) is 5.75 Å². The van der Waals surface area contributed by atoms with E-state index < -0.39 is 6.10 Å². The van der Waals surface area contributed by atoms with Gasteiger partial charge in [0.05, 0.1) is 0 Å². The van der Waals surface area contributed by atoms with Gasteiger partial charge in [-0.1, -0.05) is 12.1 Å². The number of nitrogens with two attached hydrogens (primary N) is 1. The lowest BCUT2D eigenvalue weighted by Gasteiger charge is -2.31. The average molecular weight is 340 g/mol. The number of nitrogens with zero attached hydrogens (tertiary/aromatic N) is 2. The second kappa shape index (κ2) is 6.43. The molecule has 130 valence electrons. The van der Waals surface area contributed by atoms with Crippen LogP contribution in [-0.4, -0.2) is 29.4 Å². The van der Waals surface area contributed by atoms with Crippen LogP contribution in [0.15, 0.2) is 30.3 Å². The maximum Gasteiger partial charge on any atom is 0.269 e. The third-order valence-electron chi connectivity index (χ3n) is 4.21. The van der Waals surface area contributed by atoms with Crippen LogP contribution in [0, 0.1) is 13.8 Å². The molecule has 1 aromatic heterocycles. The maximum atomic E-state index is 12.5. The Hall–Kier alpha value is -3.09. The standard InChI is InChI=1S/C18H20N4O3/c1-10-5-4-6-13(11(10)2)20-16(23)9-22-17-14(7-8-15(19)21-17)25-12(3)18(22)24/h4-8,12H,9H2,1-3H3,(H2,19,21)(H,20,23). The predicted molar refractivity (Wildman–Crippen MR) is 95.6 cm³/mol. The molecule has 7 nitrogen and oxygen atoms in total. The number of nitrogens with one attached hydrogen (secondary N) is 1. The van der Waals surface area contributed by atoms with Crippen molar-refractivity contribution < 1.29 is 14.3 Å². The third-order valence-corrected chi connectivity index (χ3v) is 4.21. The van der Waals surface area contributed by atoms with Crippen molar-refractivity contribution in [2.75, 3.05) is 22.5 Å². The lowest BCUT2D eigenvalue weighted by atomic mass is 10.1. The van der Waals surface area contributed by atoms with Gasteiger partial charge in [0.1, 0.15) is 12.4 Å². The zero-order valence-electron chi connectivity index (χ0n) is 14.4. The number of hydrogen-bond donors (Lipinski definition) is 2. The number of ether oxygens (including phenoxy) is 1. The van der Waals surface area contributed by atoms with Crippen LogP contribution in [0.5, 0.6) is 5.75 Å². The fourth-order valence-electron chi connectivity index (χ4n) is 2.67. The van der Waals surface area contributed by atoms with E-state index in [1.165, 1.54) is 4.90 Å². The van der Waals surface area contributed by atoms with E-state index in [9.17, 15) is 9.59 Å². The number of hydrogen-bond acceptors (Lipinski definition) is 5. The quantitative estimate of drug-likeness (QED) is 0.891. The fourth-order valence-corrected chi connectivity index (χ4v) is 2.67. The summed E-state index contributed by atoms with van der Waals surface area (Å²) in [5.41, 5.74) is 8.50. The summed E-state index contributed by atoms with van der Waals surface area (Å²) in [6, 6.07) is 8.92. The molecule has 1 unspecified atom stereocenters. The largest absolute Gasteiger partial charge is 0.477 e. The molecule has 2 aromatic rings. The Morgan fingerprint density at radius 2 is 2.08 bits per heavy atom. The Morgan fingerprint density at radius 1 is 1.32 bits per heavy atom. The molecule has 3 rings (SSSR count). The minimum absolute atomic E-state index is 0.163. The summed E-state index contributed by atoms with van der Waals surface area (Å²) in [6.07, 6.45) is -0.688. The number of benzene rings is 1. The van der Waals surface area contributed by atoms with E-state index in [1.54, 1.807) is 19.1 Å². The number of nitrogen functional groups attached to an aromatic ring is 1. The number of amides is 2. The molecule has 1 atom stereocenters. The first kappa shape index (κ1) is 16.8. The molecule has 0 spiro atoms. The highest BCUT2D eigenvalue weighted by Crippen LogP contribution is 2.32. The average Bonchev–Trinajstić information content (AvgIpc) is 2.57. The number of carbonyl (C=O) groups excluding carboxylic acids is 2. The van der Waals surface area contributed by atoms with E-state index in [1.807, 2.05) is 32.0 Å². The minimum Gasteiger partial charge on any atom is -0.477 e.